The van der Waals surface area contributed by atoms with Crippen LogP contribution < -0.4 is 28.4 Å². The van der Waals surface area contributed by atoms with E-state index in [1.165, 1.54) is 134 Å². The van der Waals surface area contributed by atoms with Crippen molar-refractivity contribution in [2.75, 3.05) is 0 Å². The van der Waals surface area contributed by atoms with Gasteiger partial charge in [0, 0.05) is 33.8 Å². The molecular formula is C134H136O6. The van der Waals surface area contributed by atoms with Gasteiger partial charge in [0.2, 0.25) is 0 Å². The maximum Gasteiger partial charge on any atom is 0.131 e. The number of hydrogen-bond donors (Lipinski definition) is 0. The van der Waals surface area contributed by atoms with Crippen LogP contribution in [0.1, 0.15) is 189 Å². The van der Waals surface area contributed by atoms with Gasteiger partial charge in [-0.1, -0.05) is 414 Å². The van der Waals surface area contributed by atoms with Crippen molar-refractivity contribution in [3.05, 3.63) is 570 Å². The van der Waals surface area contributed by atoms with E-state index in [2.05, 4.69) is 343 Å². The van der Waals surface area contributed by atoms with E-state index in [1.54, 1.807) is 0 Å². The Bertz CT molecular complexity index is 6350. The van der Waals surface area contributed by atoms with Gasteiger partial charge in [-0.25, -0.2) is 0 Å². The van der Waals surface area contributed by atoms with E-state index < -0.39 is 0 Å². The minimum Gasteiger partial charge on any atom is -0.457 e. The summed E-state index contributed by atoms with van der Waals surface area (Å²) in [4.78, 5) is 0. The Morgan fingerprint density at radius 2 is 0.279 bits per heavy atom. The Kier molecular flexibility index (Phi) is 35.2. The monoisotopic (exact) mass is 1840 g/mol. The third-order valence-electron chi connectivity index (χ3n) is 25.7. The molecular weight excluding hydrogens is 1710 g/mol. The van der Waals surface area contributed by atoms with Gasteiger partial charge in [-0.3, -0.25) is 0 Å². The minimum atomic E-state index is -0.0208. The molecule has 0 heterocycles. The summed E-state index contributed by atoms with van der Waals surface area (Å²) in [5, 5.41) is 0. The molecule has 0 saturated carbocycles. The van der Waals surface area contributed by atoms with Crippen molar-refractivity contribution >= 4 is 0 Å². The first kappa shape index (κ1) is 102. The molecule has 6 heteroatoms. The molecule has 0 atom stereocenters. The Morgan fingerprint density at radius 3 is 0.500 bits per heavy atom. The van der Waals surface area contributed by atoms with E-state index in [9.17, 15) is 0 Å². The third kappa shape index (κ3) is 30.4. The Morgan fingerprint density at radius 1 is 0.129 bits per heavy atom. The summed E-state index contributed by atoms with van der Waals surface area (Å²) < 4.78 is 35.1. The van der Waals surface area contributed by atoms with Gasteiger partial charge >= 0.3 is 0 Å². The molecule has 0 unspecified atom stereocenters. The molecule has 0 fully saturated rings. The van der Waals surface area contributed by atoms with Gasteiger partial charge in [0.05, 0.1) is 0 Å². The second-order valence-electron chi connectivity index (χ2n) is 39.2. The van der Waals surface area contributed by atoms with Crippen LogP contribution in [0.15, 0.2) is 437 Å². The van der Waals surface area contributed by atoms with Crippen molar-refractivity contribution in [1.29, 1.82) is 0 Å². The van der Waals surface area contributed by atoms with Crippen LogP contribution >= 0.6 is 0 Å². The second-order valence-corrected chi connectivity index (χ2v) is 39.2. The van der Waals surface area contributed by atoms with Crippen molar-refractivity contribution in [1.82, 2.24) is 0 Å². The fourth-order valence-corrected chi connectivity index (χ4v) is 16.2. The van der Waals surface area contributed by atoms with E-state index in [1.807, 2.05) is 232 Å². The fourth-order valence-electron chi connectivity index (χ4n) is 16.2. The maximum absolute atomic E-state index is 5.88. The maximum atomic E-state index is 5.88. The van der Waals surface area contributed by atoms with Gasteiger partial charge in [-0.15, -0.1) is 0 Å². The molecule has 140 heavy (non-hydrogen) atoms. The molecule has 0 radical (unpaired) electrons. The van der Waals surface area contributed by atoms with Crippen LogP contribution in [0.2, 0.25) is 0 Å². The van der Waals surface area contributed by atoms with Crippen LogP contribution in [0, 0.1) is 83.1 Å². The molecule has 18 rings (SSSR count). The smallest absolute Gasteiger partial charge is 0.131 e. The fraction of sp³-hybridized carbons (Fsp3) is 0.194. The number of rotatable bonds is 24. The first-order chi connectivity index (χ1) is 67.2. The van der Waals surface area contributed by atoms with Gasteiger partial charge in [0.15, 0.2) is 0 Å². The highest BCUT2D eigenvalue weighted by Crippen LogP contribution is 2.41. The Balaban J connectivity index is 0.000000142. The van der Waals surface area contributed by atoms with Crippen LogP contribution in [0.5, 0.6) is 69.0 Å². The lowest BCUT2D eigenvalue weighted by Gasteiger charge is -2.31. The summed E-state index contributed by atoms with van der Waals surface area (Å²) >= 11 is 0. The average molecular weight is 1840 g/mol. The van der Waals surface area contributed by atoms with E-state index >= 15 is 0 Å². The van der Waals surface area contributed by atoms with E-state index in [-0.39, 0.29) is 21.7 Å². The van der Waals surface area contributed by atoms with Crippen molar-refractivity contribution in [2.45, 2.75) is 173 Å². The van der Waals surface area contributed by atoms with Crippen molar-refractivity contribution in [3.8, 4) is 69.0 Å². The van der Waals surface area contributed by atoms with Crippen molar-refractivity contribution in [2.24, 2.45) is 0 Å². The Labute approximate surface area is 835 Å². The molecule has 708 valence electrons. The van der Waals surface area contributed by atoms with E-state index in [4.69, 9.17) is 28.4 Å². The predicted octanol–water partition coefficient (Wildman–Crippen LogP) is 37.1. The molecule has 0 aliphatic heterocycles. The lowest BCUT2D eigenvalue weighted by atomic mass is 9.73. The zero-order valence-corrected chi connectivity index (χ0v) is 85.4. The normalized spacial score (nSPS) is 11.1. The van der Waals surface area contributed by atoms with Gasteiger partial charge in [0.25, 0.3) is 0 Å². The SMILES string of the molecule is Cc1ccc(C(C)(C)c2ccc(C(C)(C)c3ccc(C)cc3)cc2)cc1.Cc1ccc(C(C)(C)c2cccc(C(C)(C)c3ccc(C)cc3)c2)cc1.Cc1ccc(Cc2ccc(Cc3ccc(C)cc3)cc2)cc1.Cc1ccc(Oc2ccc(Oc3ccc(C)cc3)cc2)cc1.Cc1ccc(Oc2cccc(Oc3ccc(C)cc3)c2)cc1.Cc1cccc(Oc2cccc(Oc3cccc(C)c3)c2)c1. The van der Waals surface area contributed by atoms with Crippen LogP contribution in [0.3, 0.4) is 0 Å². The van der Waals surface area contributed by atoms with Crippen molar-refractivity contribution in [3.63, 3.8) is 0 Å². The minimum absolute atomic E-state index is 0.000230. The molecule has 0 aliphatic rings. The quantitative estimate of drug-likeness (QED) is 0.0601. The standard InChI is InChI=1S/2C26H30.C22H22.3C20H18O2/c1-19-7-11-21(12-8-19)25(3,4)23-15-17-24(18-16-23)26(5,6)22-13-9-20(2)10-14-22;1-19-10-14-21(15-11-19)25(3,4)23-8-7-9-24(18-23)26(5,6)22-16-12-20(2)13-17-22;1-17-3-7-19(8-4-17)15-21-11-13-22(14-12-21)16-20-9-5-18(2)6-10-20;1-15-3-7-17(8-4-15)21-19-11-13-20(14-12-19)22-18-9-5-16(2)6-10-18;1-15-6-3-8-17(12-15)21-19-10-5-11-20(14-19)22-18-9-4-7-16(2)13-18;1-15-6-10-17(11-7-15)21-19-4-3-5-20(14-19)22-18-12-8-16(2)9-13-18/h2*7-18H,1-6H3;3-14H,15-16H2,1-2H3;3*3-14H,1-2H3. The molecule has 0 aliphatic carbocycles. The van der Waals surface area contributed by atoms with E-state index in [0.717, 1.165) is 81.8 Å². The summed E-state index contributed by atoms with van der Waals surface area (Å²) in [5.74, 6) is 9.57. The number of ether oxygens (including phenoxy) is 6. The second kappa shape index (κ2) is 48.2. The first-order valence-corrected chi connectivity index (χ1v) is 48.6. The molecule has 0 bridgehead atoms. The van der Waals surface area contributed by atoms with Crippen LogP contribution in [-0.2, 0) is 34.5 Å². The number of aryl methyl sites for hydroxylation is 12. The lowest BCUT2D eigenvalue weighted by Crippen LogP contribution is -2.22. The number of hydrogen-bond acceptors (Lipinski definition) is 6. The van der Waals surface area contributed by atoms with Gasteiger partial charge < -0.3 is 28.4 Å². The molecule has 0 saturated heterocycles. The van der Waals surface area contributed by atoms with Crippen LogP contribution in [0.4, 0.5) is 0 Å². The third-order valence-corrected chi connectivity index (χ3v) is 25.7. The summed E-state index contributed by atoms with van der Waals surface area (Å²) in [6, 6.07) is 151. The highest BCUT2D eigenvalue weighted by Gasteiger charge is 2.30. The lowest BCUT2D eigenvalue weighted by molar-refractivity contribution is 0.459. The predicted molar refractivity (Wildman–Crippen MR) is 587 cm³/mol. The summed E-state index contributed by atoms with van der Waals surface area (Å²) in [6.45, 7) is 43.6. The van der Waals surface area contributed by atoms with Crippen LogP contribution in [0.25, 0.3) is 0 Å². The van der Waals surface area contributed by atoms with Gasteiger partial charge in [0.1, 0.15) is 69.0 Å². The van der Waals surface area contributed by atoms with Crippen molar-refractivity contribution < 1.29 is 28.4 Å². The van der Waals surface area contributed by atoms with Crippen LogP contribution in [-0.4, -0.2) is 0 Å². The van der Waals surface area contributed by atoms with E-state index in [0.29, 0.717) is 0 Å². The molecule has 0 amide bonds. The highest BCUT2D eigenvalue weighted by molar-refractivity contribution is 5.51. The summed E-state index contributed by atoms with van der Waals surface area (Å²) in [6.07, 6.45) is 2.01. The molecule has 6 nitrogen and oxygen atoms in total. The molecule has 18 aromatic carbocycles. The highest BCUT2D eigenvalue weighted by atomic mass is 16.5. The molecule has 0 N–H and O–H groups in total. The zero-order valence-electron chi connectivity index (χ0n) is 85.4. The molecule has 0 aromatic heterocycles. The summed E-state index contributed by atoms with van der Waals surface area (Å²) in [5.41, 5.74) is 31.3. The van der Waals surface area contributed by atoms with Gasteiger partial charge in [-0.05, 0) is 295 Å². The summed E-state index contributed by atoms with van der Waals surface area (Å²) in [7, 11) is 0. The topological polar surface area (TPSA) is 55.4 Å². The number of benzene rings is 18. The molecule has 18 aromatic rings. The largest absolute Gasteiger partial charge is 0.457 e. The Hall–Kier alpha value is -15.2. The van der Waals surface area contributed by atoms with Gasteiger partial charge in [-0.2, -0.15) is 0 Å². The first-order valence-electron chi connectivity index (χ1n) is 48.6. The average Bonchev–Trinajstić information content (AvgIpc) is 0.781. The molecule has 0 spiro atoms. The zero-order chi connectivity index (χ0) is 99.4.